The van der Waals surface area contributed by atoms with Crippen molar-refractivity contribution in [2.45, 2.75) is 52.3 Å². The van der Waals surface area contributed by atoms with Gasteiger partial charge in [-0.1, -0.05) is 48.5 Å². The number of hydrogen-bond acceptors (Lipinski definition) is 5. The minimum atomic E-state index is -0.823. The molecule has 0 atom stereocenters. The molecule has 0 saturated carbocycles. The number of benzene rings is 2. The number of rotatable bonds is 6. The Morgan fingerprint density at radius 2 is 1.21 bits per heavy atom. The standard InChI is InChI=1S/C13H19NO2.C9H11NO2/c1-13(2,3)16-12(15)8-10-6-4-5-7-11(10)9-14;10-6-8-4-2-1-3-7(8)5-9(11)12/h4-7H,8-9,14H2,1-3H3;1-4H,5-6,10H2,(H,11,12). The van der Waals surface area contributed by atoms with E-state index in [0.29, 0.717) is 13.1 Å². The molecule has 0 heterocycles. The molecule has 0 aromatic heterocycles. The molecule has 6 nitrogen and oxygen atoms in total. The van der Waals surface area contributed by atoms with Crippen LogP contribution in [0, 0.1) is 0 Å². The van der Waals surface area contributed by atoms with E-state index in [1.54, 1.807) is 6.07 Å². The molecule has 0 saturated heterocycles. The first kappa shape index (κ1) is 23.3. The minimum absolute atomic E-state index is 0.0490. The maximum atomic E-state index is 11.6. The average Bonchev–Trinajstić information content (AvgIpc) is 2.61. The third-order valence-corrected chi connectivity index (χ3v) is 3.77. The van der Waals surface area contributed by atoms with Gasteiger partial charge in [0.2, 0.25) is 0 Å². The van der Waals surface area contributed by atoms with Crippen LogP contribution in [0.15, 0.2) is 48.5 Å². The zero-order valence-corrected chi connectivity index (χ0v) is 16.8. The molecule has 0 radical (unpaired) electrons. The summed E-state index contributed by atoms with van der Waals surface area (Å²) in [6.45, 7) is 6.42. The fraction of sp³-hybridized carbons (Fsp3) is 0.364. The third-order valence-electron chi connectivity index (χ3n) is 3.77. The van der Waals surface area contributed by atoms with Gasteiger partial charge in [0.15, 0.2) is 0 Å². The second kappa shape index (κ2) is 11.2. The molecule has 0 aliphatic carbocycles. The van der Waals surface area contributed by atoms with Gasteiger partial charge in [0.05, 0.1) is 12.8 Å². The number of carboxylic acid groups (broad SMARTS) is 1. The van der Waals surface area contributed by atoms with E-state index in [-0.39, 0.29) is 18.8 Å². The normalized spacial score (nSPS) is 10.6. The second-order valence-electron chi connectivity index (χ2n) is 7.28. The summed E-state index contributed by atoms with van der Waals surface area (Å²) in [6.07, 6.45) is 0.331. The average molecular weight is 386 g/mol. The maximum absolute atomic E-state index is 11.6. The highest BCUT2D eigenvalue weighted by atomic mass is 16.6. The molecule has 0 aliphatic rings. The SMILES string of the molecule is CC(C)(C)OC(=O)Cc1ccccc1CN.NCc1ccccc1CC(=O)O. The van der Waals surface area contributed by atoms with Crippen molar-refractivity contribution in [3.05, 3.63) is 70.8 Å². The van der Waals surface area contributed by atoms with E-state index in [2.05, 4.69) is 0 Å². The number of carbonyl (C=O) groups excluding carboxylic acids is 1. The summed E-state index contributed by atoms with van der Waals surface area (Å²) in [5, 5.41) is 8.55. The van der Waals surface area contributed by atoms with Crippen LogP contribution in [0.3, 0.4) is 0 Å². The number of hydrogen-bond donors (Lipinski definition) is 3. The van der Waals surface area contributed by atoms with Crippen molar-refractivity contribution < 1.29 is 19.4 Å². The first-order valence-electron chi connectivity index (χ1n) is 9.13. The summed E-state index contributed by atoms with van der Waals surface area (Å²) in [4.78, 5) is 22.0. The zero-order chi connectivity index (χ0) is 21.2. The van der Waals surface area contributed by atoms with Crippen LogP contribution in [-0.4, -0.2) is 22.6 Å². The fourth-order valence-corrected chi connectivity index (χ4v) is 2.55. The molecule has 0 fully saturated rings. The Labute approximate surface area is 166 Å². The lowest BCUT2D eigenvalue weighted by atomic mass is 10.0. The minimum Gasteiger partial charge on any atom is -0.481 e. The van der Waals surface area contributed by atoms with Crippen LogP contribution in [0.25, 0.3) is 0 Å². The molecule has 0 amide bonds. The molecular weight excluding hydrogens is 356 g/mol. The van der Waals surface area contributed by atoms with E-state index in [1.807, 2.05) is 63.2 Å². The first-order valence-corrected chi connectivity index (χ1v) is 9.13. The van der Waals surface area contributed by atoms with Crippen molar-refractivity contribution in [2.75, 3.05) is 0 Å². The van der Waals surface area contributed by atoms with Crippen molar-refractivity contribution in [1.82, 2.24) is 0 Å². The Hall–Kier alpha value is -2.70. The van der Waals surface area contributed by atoms with Crippen LogP contribution in [0.1, 0.15) is 43.0 Å². The lowest BCUT2D eigenvalue weighted by molar-refractivity contribution is -0.154. The van der Waals surface area contributed by atoms with Gasteiger partial charge in [-0.2, -0.15) is 0 Å². The Morgan fingerprint density at radius 3 is 1.57 bits per heavy atom. The summed E-state index contributed by atoms with van der Waals surface area (Å²) in [5.41, 5.74) is 14.2. The van der Waals surface area contributed by atoms with E-state index >= 15 is 0 Å². The van der Waals surface area contributed by atoms with Crippen LogP contribution >= 0.6 is 0 Å². The number of carboxylic acids is 1. The van der Waals surface area contributed by atoms with Crippen LogP contribution < -0.4 is 11.5 Å². The molecular formula is C22H30N2O4. The molecule has 2 aromatic rings. The Bertz CT molecular complexity index is 782. The summed E-state index contributed by atoms with van der Waals surface area (Å²) >= 11 is 0. The van der Waals surface area contributed by atoms with Gasteiger partial charge >= 0.3 is 11.9 Å². The van der Waals surface area contributed by atoms with Crippen LogP contribution in [0.4, 0.5) is 0 Å². The molecule has 28 heavy (non-hydrogen) atoms. The monoisotopic (exact) mass is 386 g/mol. The summed E-state index contributed by atoms with van der Waals surface area (Å²) in [7, 11) is 0. The molecule has 0 spiro atoms. The highest BCUT2D eigenvalue weighted by molar-refractivity contribution is 5.73. The Morgan fingerprint density at radius 1 is 0.821 bits per heavy atom. The van der Waals surface area contributed by atoms with Gasteiger partial charge in [0.1, 0.15) is 5.60 Å². The number of ether oxygens (including phenoxy) is 1. The predicted octanol–water partition coefficient (Wildman–Crippen LogP) is 2.80. The zero-order valence-electron chi connectivity index (χ0n) is 16.8. The fourth-order valence-electron chi connectivity index (χ4n) is 2.55. The van der Waals surface area contributed by atoms with Crippen molar-refractivity contribution >= 4 is 11.9 Å². The topological polar surface area (TPSA) is 116 Å². The molecule has 6 heteroatoms. The highest BCUT2D eigenvalue weighted by Crippen LogP contribution is 2.13. The summed E-state index contributed by atoms with van der Waals surface area (Å²) in [6, 6.07) is 15.0. The molecule has 0 unspecified atom stereocenters. The van der Waals surface area contributed by atoms with Crippen LogP contribution in [0.2, 0.25) is 0 Å². The smallest absolute Gasteiger partial charge is 0.310 e. The highest BCUT2D eigenvalue weighted by Gasteiger charge is 2.17. The van der Waals surface area contributed by atoms with E-state index in [9.17, 15) is 9.59 Å². The third kappa shape index (κ3) is 8.79. The molecule has 5 N–H and O–H groups in total. The van der Waals surface area contributed by atoms with Crippen molar-refractivity contribution in [3.63, 3.8) is 0 Å². The lowest BCUT2D eigenvalue weighted by Crippen LogP contribution is -2.25. The summed E-state index contributed by atoms with van der Waals surface area (Å²) in [5.74, 6) is -1.04. The number of carbonyl (C=O) groups is 2. The van der Waals surface area contributed by atoms with Crippen molar-refractivity contribution in [1.29, 1.82) is 0 Å². The van der Waals surface area contributed by atoms with Gasteiger partial charge in [0, 0.05) is 13.1 Å². The van der Waals surface area contributed by atoms with Gasteiger partial charge in [0.25, 0.3) is 0 Å². The molecule has 0 aliphatic heterocycles. The van der Waals surface area contributed by atoms with Gasteiger partial charge in [-0.15, -0.1) is 0 Å². The van der Waals surface area contributed by atoms with E-state index < -0.39 is 11.6 Å². The van der Waals surface area contributed by atoms with Gasteiger partial charge in [-0.25, -0.2) is 0 Å². The van der Waals surface area contributed by atoms with E-state index in [0.717, 1.165) is 22.3 Å². The lowest BCUT2D eigenvalue weighted by Gasteiger charge is -2.19. The summed E-state index contributed by atoms with van der Waals surface area (Å²) < 4.78 is 5.26. The van der Waals surface area contributed by atoms with Crippen molar-refractivity contribution in [2.24, 2.45) is 11.5 Å². The molecule has 2 rings (SSSR count). The van der Waals surface area contributed by atoms with Gasteiger partial charge in [-0.05, 0) is 43.0 Å². The first-order chi connectivity index (χ1) is 13.2. The van der Waals surface area contributed by atoms with Gasteiger partial charge in [-0.3, -0.25) is 9.59 Å². The molecule has 152 valence electrons. The Balaban J connectivity index is 0.000000292. The largest absolute Gasteiger partial charge is 0.481 e. The van der Waals surface area contributed by atoms with Crippen LogP contribution in [-0.2, 0) is 40.3 Å². The number of aliphatic carboxylic acids is 1. The predicted molar refractivity (Wildman–Crippen MR) is 110 cm³/mol. The number of esters is 1. The second-order valence-corrected chi connectivity index (χ2v) is 7.28. The quantitative estimate of drug-likeness (QED) is 0.658. The molecule has 0 bridgehead atoms. The maximum Gasteiger partial charge on any atom is 0.310 e. The van der Waals surface area contributed by atoms with E-state index in [1.165, 1.54) is 0 Å². The van der Waals surface area contributed by atoms with Gasteiger partial charge < -0.3 is 21.3 Å². The van der Waals surface area contributed by atoms with Crippen molar-refractivity contribution in [3.8, 4) is 0 Å². The van der Waals surface area contributed by atoms with Crippen LogP contribution in [0.5, 0.6) is 0 Å². The number of nitrogens with two attached hydrogens (primary N) is 2. The Kier molecular flexibility index (Phi) is 9.35. The molecule has 2 aromatic carbocycles. The van der Waals surface area contributed by atoms with E-state index in [4.69, 9.17) is 21.3 Å².